The zero-order valence-corrected chi connectivity index (χ0v) is 10.5. The van der Waals surface area contributed by atoms with Gasteiger partial charge in [-0.2, -0.15) is 0 Å². The van der Waals surface area contributed by atoms with Crippen LogP contribution >= 0.6 is 0 Å². The van der Waals surface area contributed by atoms with Gasteiger partial charge >= 0.3 is 0 Å². The van der Waals surface area contributed by atoms with Gasteiger partial charge in [-0.3, -0.25) is 0 Å². The fourth-order valence-corrected chi connectivity index (χ4v) is 2.91. The van der Waals surface area contributed by atoms with Gasteiger partial charge in [0.25, 0.3) is 0 Å². The predicted octanol–water partition coefficient (Wildman–Crippen LogP) is 2.48. The number of hydrogen-bond donors (Lipinski definition) is 0. The summed E-state index contributed by atoms with van der Waals surface area (Å²) in [6.07, 6.45) is 2.63. The zero-order valence-electron chi connectivity index (χ0n) is 10.5. The van der Waals surface area contributed by atoms with E-state index in [0.29, 0.717) is 13.0 Å². The predicted molar refractivity (Wildman–Crippen MR) is 63.3 cm³/mol. The fourth-order valence-electron chi connectivity index (χ4n) is 2.91. The smallest absolute Gasteiger partial charge is 0.107 e. The van der Waals surface area contributed by atoms with E-state index in [4.69, 9.17) is 4.74 Å². The summed E-state index contributed by atoms with van der Waals surface area (Å²) in [5.41, 5.74) is 0. The lowest BCUT2D eigenvalue weighted by molar-refractivity contribution is -0.0755. The molecule has 2 heterocycles. The molecule has 2 rings (SSSR count). The zero-order chi connectivity index (χ0) is 11.5. The van der Waals surface area contributed by atoms with Gasteiger partial charge in [0, 0.05) is 32.0 Å². The Bertz CT molecular complexity index is 224. The summed E-state index contributed by atoms with van der Waals surface area (Å²) in [5, 5.41) is 0. The molecule has 0 aromatic carbocycles. The molecule has 2 aliphatic heterocycles. The molecule has 0 aromatic rings. The van der Waals surface area contributed by atoms with E-state index in [1.165, 1.54) is 12.8 Å². The van der Waals surface area contributed by atoms with Crippen LogP contribution in [0.2, 0.25) is 0 Å². The molecule has 0 radical (unpaired) electrons. The third kappa shape index (κ3) is 2.95. The van der Waals surface area contributed by atoms with Crippen LogP contribution in [0.5, 0.6) is 0 Å². The normalized spacial score (nSPS) is 42.2. The SMILES string of the molecule is C[C@@H]1CCCN(CC2OCC[C@@H](F)[C@@H]2C)C1. The van der Waals surface area contributed by atoms with Crippen molar-refractivity contribution in [3.8, 4) is 0 Å². The lowest BCUT2D eigenvalue weighted by Gasteiger charge is -2.38. The van der Waals surface area contributed by atoms with E-state index in [1.54, 1.807) is 0 Å². The number of ether oxygens (including phenoxy) is 1. The van der Waals surface area contributed by atoms with Crippen molar-refractivity contribution in [1.82, 2.24) is 4.90 Å². The Hall–Kier alpha value is -0.150. The molecule has 0 aromatic heterocycles. The molecular formula is C13H24FNO. The van der Waals surface area contributed by atoms with E-state index < -0.39 is 6.17 Å². The average Bonchev–Trinajstić information content (AvgIpc) is 2.25. The maximum Gasteiger partial charge on any atom is 0.107 e. The lowest BCUT2D eigenvalue weighted by Crippen LogP contribution is -2.46. The Morgan fingerprint density at radius 2 is 2.12 bits per heavy atom. The highest BCUT2D eigenvalue weighted by atomic mass is 19.1. The molecule has 0 spiro atoms. The standard InChI is InChI=1S/C13H24FNO/c1-10-4-3-6-15(8-10)9-13-11(2)12(14)5-7-16-13/h10-13H,3-9H2,1-2H3/t10-,11+,12-,13?/m1/s1. The second kappa shape index (κ2) is 5.46. The van der Waals surface area contributed by atoms with Crippen molar-refractivity contribution in [1.29, 1.82) is 0 Å². The number of nitrogens with zero attached hydrogens (tertiary/aromatic N) is 1. The first-order chi connectivity index (χ1) is 7.66. The number of hydrogen-bond acceptors (Lipinski definition) is 2. The minimum Gasteiger partial charge on any atom is -0.376 e. The maximum atomic E-state index is 13.6. The van der Waals surface area contributed by atoms with Crippen LogP contribution in [0.3, 0.4) is 0 Å². The Balaban J connectivity index is 1.83. The first kappa shape index (κ1) is 12.3. The number of piperidine rings is 1. The van der Waals surface area contributed by atoms with Crippen LogP contribution in [0.25, 0.3) is 0 Å². The topological polar surface area (TPSA) is 12.5 Å². The number of alkyl halides is 1. The summed E-state index contributed by atoms with van der Waals surface area (Å²) in [5.74, 6) is 0.847. The molecule has 4 atom stereocenters. The van der Waals surface area contributed by atoms with Crippen molar-refractivity contribution in [2.45, 2.75) is 45.4 Å². The maximum absolute atomic E-state index is 13.6. The van der Waals surface area contributed by atoms with Gasteiger partial charge in [-0.1, -0.05) is 13.8 Å². The minimum atomic E-state index is -0.666. The fraction of sp³-hybridized carbons (Fsp3) is 1.00. The van der Waals surface area contributed by atoms with Gasteiger partial charge in [0.1, 0.15) is 6.17 Å². The van der Waals surface area contributed by atoms with Gasteiger partial charge in [-0.05, 0) is 25.3 Å². The second-order valence-corrected chi connectivity index (χ2v) is 5.58. The quantitative estimate of drug-likeness (QED) is 0.721. The van der Waals surface area contributed by atoms with Crippen molar-refractivity contribution < 1.29 is 9.13 Å². The molecule has 94 valence electrons. The summed E-state index contributed by atoms with van der Waals surface area (Å²) < 4.78 is 19.3. The summed E-state index contributed by atoms with van der Waals surface area (Å²) in [7, 11) is 0. The largest absolute Gasteiger partial charge is 0.376 e. The minimum absolute atomic E-state index is 0.0611. The second-order valence-electron chi connectivity index (χ2n) is 5.58. The van der Waals surface area contributed by atoms with E-state index >= 15 is 0 Å². The third-order valence-electron chi connectivity index (χ3n) is 4.06. The van der Waals surface area contributed by atoms with Crippen LogP contribution in [0, 0.1) is 11.8 Å². The molecule has 0 bridgehead atoms. The summed E-state index contributed by atoms with van der Waals surface area (Å²) in [6, 6.07) is 0. The van der Waals surface area contributed by atoms with Crippen LogP contribution in [-0.2, 0) is 4.74 Å². The summed E-state index contributed by atoms with van der Waals surface area (Å²) in [6.45, 7) is 8.13. The van der Waals surface area contributed by atoms with Gasteiger partial charge in [-0.15, -0.1) is 0 Å². The number of likely N-dealkylation sites (tertiary alicyclic amines) is 1. The molecule has 0 amide bonds. The van der Waals surface area contributed by atoms with Gasteiger partial charge in [0.05, 0.1) is 6.10 Å². The first-order valence-electron chi connectivity index (χ1n) is 6.65. The Morgan fingerprint density at radius 1 is 1.31 bits per heavy atom. The molecule has 0 aliphatic carbocycles. The van der Waals surface area contributed by atoms with Crippen molar-refractivity contribution >= 4 is 0 Å². The van der Waals surface area contributed by atoms with Crippen LogP contribution in [-0.4, -0.2) is 43.4 Å². The van der Waals surface area contributed by atoms with Crippen LogP contribution in [0.4, 0.5) is 4.39 Å². The van der Waals surface area contributed by atoms with E-state index in [0.717, 1.165) is 25.6 Å². The average molecular weight is 229 g/mol. The van der Waals surface area contributed by atoms with Crippen molar-refractivity contribution in [2.75, 3.05) is 26.2 Å². The number of halogens is 1. The molecule has 1 unspecified atom stereocenters. The Morgan fingerprint density at radius 3 is 2.88 bits per heavy atom. The molecule has 2 fully saturated rings. The van der Waals surface area contributed by atoms with E-state index in [2.05, 4.69) is 11.8 Å². The summed E-state index contributed by atoms with van der Waals surface area (Å²) >= 11 is 0. The van der Waals surface area contributed by atoms with Crippen LogP contribution in [0.1, 0.15) is 33.1 Å². The van der Waals surface area contributed by atoms with Gasteiger partial charge in [-0.25, -0.2) is 4.39 Å². The Kier molecular flexibility index (Phi) is 4.20. The van der Waals surface area contributed by atoms with Gasteiger partial charge < -0.3 is 9.64 Å². The van der Waals surface area contributed by atoms with E-state index in [9.17, 15) is 4.39 Å². The highest BCUT2D eigenvalue weighted by molar-refractivity contribution is 4.82. The van der Waals surface area contributed by atoms with Gasteiger partial charge in [0.2, 0.25) is 0 Å². The first-order valence-corrected chi connectivity index (χ1v) is 6.65. The van der Waals surface area contributed by atoms with Crippen LogP contribution in [0.15, 0.2) is 0 Å². The van der Waals surface area contributed by atoms with Gasteiger partial charge in [0.15, 0.2) is 0 Å². The highest BCUT2D eigenvalue weighted by Gasteiger charge is 2.32. The van der Waals surface area contributed by atoms with Crippen molar-refractivity contribution in [3.05, 3.63) is 0 Å². The van der Waals surface area contributed by atoms with Crippen molar-refractivity contribution in [2.24, 2.45) is 11.8 Å². The molecule has 16 heavy (non-hydrogen) atoms. The molecule has 2 nitrogen and oxygen atoms in total. The van der Waals surface area contributed by atoms with Crippen LogP contribution < -0.4 is 0 Å². The van der Waals surface area contributed by atoms with E-state index in [-0.39, 0.29) is 12.0 Å². The highest BCUT2D eigenvalue weighted by Crippen LogP contribution is 2.25. The monoisotopic (exact) mass is 229 g/mol. The Labute approximate surface area is 98.1 Å². The van der Waals surface area contributed by atoms with Crippen molar-refractivity contribution in [3.63, 3.8) is 0 Å². The van der Waals surface area contributed by atoms with E-state index in [1.807, 2.05) is 6.92 Å². The lowest BCUT2D eigenvalue weighted by atomic mass is 9.93. The third-order valence-corrected chi connectivity index (χ3v) is 4.06. The number of rotatable bonds is 2. The molecule has 0 saturated carbocycles. The molecule has 0 N–H and O–H groups in total. The summed E-state index contributed by atoms with van der Waals surface area (Å²) in [4.78, 5) is 2.45. The molecule has 2 saturated heterocycles. The molecule has 2 aliphatic rings. The molecule has 3 heteroatoms. The molecular weight excluding hydrogens is 205 g/mol.